The van der Waals surface area contributed by atoms with E-state index in [1.165, 1.54) is 24.3 Å². The minimum Gasteiger partial charge on any atom is -0.282 e. The Morgan fingerprint density at radius 3 is 2.76 bits per heavy atom. The fourth-order valence-electron chi connectivity index (χ4n) is 1.03. The number of hydrogen-bond donors (Lipinski definition) is 3. The van der Waals surface area contributed by atoms with Gasteiger partial charge in [0, 0.05) is 6.72 Å². The summed E-state index contributed by atoms with van der Waals surface area (Å²) in [6.45, 7) is 3.17. The van der Waals surface area contributed by atoms with Gasteiger partial charge in [0.25, 0.3) is 10.1 Å². The Kier molecular flexibility index (Phi) is 4.12. The van der Waals surface area contributed by atoms with Gasteiger partial charge in [-0.15, -0.1) is 0 Å². The second-order valence-corrected chi connectivity index (χ2v) is 4.73. The van der Waals surface area contributed by atoms with E-state index in [1.54, 1.807) is 0 Å². The van der Waals surface area contributed by atoms with Crippen molar-refractivity contribution in [2.75, 3.05) is 5.01 Å². The molecule has 0 amide bonds. The molecular formula is C8H10N4O3S2. The van der Waals surface area contributed by atoms with Gasteiger partial charge in [-0.1, -0.05) is 6.07 Å². The molecule has 0 unspecified atom stereocenters. The minimum absolute atomic E-state index is 0.0347. The van der Waals surface area contributed by atoms with Crippen LogP contribution in [0.25, 0.3) is 0 Å². The average Bonchev–Trinajstić information content (AvgIpc) is 2.27. The van der Waals surface area contributed by atoms with E-state index >= 15 is 0 Å². The summed E-state index contributed by atoms with van der Waals surface area (Å²) in [5.41, 5.74) is 2.62. The second-order valence-electron chi connectivity index (χ2n) is 2.92. The maximum absolute atomic E-state index is 10.9. The lowest BCUT2D eigenvalue weighted by Gasteiger charge is -2.18. The van der Waals surface area contributed by atoms with Gasteiger partial charge < -0.3 is 0 Å². The van der Waals surface area contributed by atoms with Crippen molar-refractivity contribution in [3.05, 3.63) is 24.3 Å². The monoisotopic (exact) mass is 274 g/mol. The van der Waals surface area contributed by atoms with Gasteiger partial charge in [-0.3, -0.25) is 15.0 Å². The first kappa shape index (κ1) is 13.5. The number of anilines is 1. The van der Waals surface area contributed by atoms with Crippen molar-refractivity contribution >= 4 is 39.9 Å². The standard InChI is InChI=1S/C8H10N4O3S2/c1-10-11-8(16)12(9)6-3-2-4-7(5-6)17(13,14)15/h2-5H,1,9H2,(H,11,16)(H,13,14,15). The van der Waals surface area contributed by atoms with Gasteiger partial charge in [-0.05, 0) is 30.4 Å². The number of benzene rings is 1. The molecule has 0 saturated carbocycles. The second kappa shape index (κ2) is 5.19. The normalized spacial score (nSPS) is 10.7. The van der Waals surface area contributed by atoms with Gasteiger partial charge in [-0.25, -0.2) is 5.84 Å². The van der Waals surface area contributed by atoms with E-state index < -0.39 is 10.1 Å². The Labute approximate surface area is 104 Å². The molecule has 0 saturated heterocycles. The van der Waals surface area contributed by atoms with Crippen molar-refractivity contribution in [2.45, 2.75) is 4.90 Å². The molecular weight excluding hydrogens is 264 g/mol. The first-order valence-electron chi connectivity index (χ1n) is 4.24. The smallest absolute Gasteiger partial charge is 0.282 e. The molecule has 9 heteroatoms. The number of nitrogens with two attached hydrogens (primary N) is 1. The van der Waals surface area contributed by atoms with E-state index in [0.717, 1.165) is 5.01 Å². The summed E-state index contributed by atoms with van der Waals surface area (Å²) < 4.78 is 30.7. The third-order valence-corrected chi connectivity index (χ3v) is 2.92. The summed E-state index contributed by atoms with van der Waals surface area (Å²) in [7, 11) is -4.28. The van der Waals surface area contributed by atoms with Gasteiger partial charge in [-0.2, -0.15) is 13.5 Å². The van der Waals surface area contributed by atoms with Crippen LogP contribution in [0.4, 0.5) is 5.69 Å². The van der Waals surface area contributed by atoms with Gasteiger partial charge in [0.1, 0.15) is 0 Å². The van der Waals surface area contributed by atoms with Crippen LogP contribution in [0, 0.1) is 0 Å². The zero-order chi connectivity index (χ0) is 13.1. The lowest BCUT2D eigenvalue weighted by atomic mass is 10.3. The van der Waals surface area contributed by atoms with Crippen LogP contribution >= 0.6 is 12.2 Å². The highest BCUT2D eigenvalue weighted by atomic mass is 32.2. The minimum atomic E-state index is -4.28. The molecule has 92 valence electrons. The van der Waals surface area contributed by atoms with Crippen LogP contribution in [-0.4, -0.2) is 24.8 Å². The van der Waals surface area contributed by atoms with Crippen molar-refractivity contribution < 1.29 is 13.0 Å². The number of hydrazine groups is 1. The van der Waals surface area contributed by atoms with Crippen LogP contribution < -0.4 is 16.3 Å². The highest BCUT2D eigenvalue weighted by Gasteiger charge is 2.13. The first-order valence-corrected chi connectivity index (χ1v) is 6.09. The maximum atomic E-state index is 10.9. The fourth-order valence-corrected chi connectivity index (χ4v) is 1.72. The number of nitrogens with zero attached hydrogens (tertiary/aromatic N) is 2. The van der Waals surface area contributed by atoms with Crippen LogP contribution in [0.1, 0.15) is 0 Å². The molecule has 1 aromatic rings. The summed E-state index contributed by atoms with van der Waals surface area (Å²) in [4.78, 5) is -0.278. The molecule has 0 aromatic heterocycles. The number of thiocarbonyl (C=S) groups is 1. The Morgan fingerprint density at radius 1 is 1.59 bits per heavy atom. The first-order chi connectivity index (χ1) is 7.86. The predicted octanol–water partition coefficient (Wildman–Crippen LogP) is 0.103. The van der Waals surface area contributed by atoms with Gasteiger partial charge in [0.15, 0.2) is 0 Å². The Bertz CT molecular complexity index is 543. The number of nitrogens with one attached hydrogen (secondary N) is 1. The molecule has 4 N–H and O–H groups in total. The number of hydrogen-bond acceptors (Lipinski definition) is 5. The Morgan fingerprint density at radius 2 is 2.24 bits per heavy atom. The highest BCUT2D eigenvalue weighted by Crippen LogP contribution is 2.17. The molecule has 0 heterocycles. The van der Waals surface area contributed by atoms with E-state index in [2.05, 4.69) is 17.2 Å². The molecule has 0 aliphatic heterocycles. The third-order valence-electron chi connectivity index (χ3n) is 1.79. The van der Waals surface area contributed by atoms with Crippen molar-refractivity contribution in [1.29, 1.82) is 0 Å². The van der Waals surface area contributed by atoms with Gasteiger partial charge in [0.2, 0.25) is 5.11 Å². The zero-order valence-corrected chi connectivity index (χ0v) is 10.2. The fraction of sp³-hybridized carbons (Fsp3) is 0. The largest absolute Gasteiger partial charge is 0.294 e. The van der Waals surface area contributed by atoms with E-state index in [-0.39, 0.29) is 15.7 Å². The maximum Gasteiger partial charge on any atom is 0.294 e. The van der Waals surface area contributed by atoms with Gasteiger partial charge >= 0.3 is 0 Å². The Balaban J connectivity index is 3.08. The number of rotatable bonds is 3. The SMILES string of the molecule is C=NNC(=S)N(N)c1cccc(S(=O)(=O)O)c1. The van der Waals surface area contributed by atoms with Crippen LogP contribution in [-0.2, 0) is 10.1 Å². The van der Waals surface area contributed by atoms with Crippen molar-refractivity contribution in [3.63, 3.8) is 0 Å². The zero-order valence-electron chi connectivity index (χ0n) is 8.57. The molecule has 1 rings (SSSR count). The number of hydrazone groups is 1. The molecule has 17 heavy (non-hydrogen) atoms. The van der Waals surface area contributed by atoms with Crippen molar-refractivity contribution in [1.82, 2.24) is 5.43 Å². The molecule has 0 atom stereocenters. The molecule has 0 aliphatic carbocycles. The van der Waals surface area contributed by atoms with Crippen LogP contribution in [0.15, 0.2) is 34.3 Å². The molecule has 1 aromatic carbocycles. The lowest BCUT2D eigenvalue weighted by molar-refractivity contribution is 0.483. The Hall–Kier alpha value is -1.55. The van der Waals surface area contributed by atoms with Crippen LogP contribution in [0.2, 0.25) is 0 Å². The lowest BCUT2D eigenvalue weighted by Crippen LogP contribution is -2.42. The van der Waals surface area contributed by atoms with E-state index in [9.17, 15) is 8.42 Å². The van der Waals surface area contributed by atoms with Crippen molar-refractivity contribution in [3.8, 4) is 0 Å². The molecule has 0 radical (unpaired) electrons. The summed E-state index contributed by atoms with van der Waals surface area (Å²) in [5.74, 6) is 5.60. The molecule has 0 fully saturated rings. The van der Waals surface area contributed by atoms with E-state index in [4.69, 9.17) is 22.6 Å². The predicted molar refractivity (Wildman–Crippen MR) is 68.2 cm³/mol. The third kappa shape index (κ3) is 3.46. The quantitative estimate of drug-likeness (QED) is 0.236. The molecule has 0 spiro atoms. The van der Waals surface area contributed by atoms with E-state index in [0.29, 0.717) is 0 Å². The molecule has 0 bridgehead atoms. The van der Waals surface area contributed by atoms with Crippen molar-refractivity contribution in [2.24, 2.45) is 10.9 Å². The average molecular weight is 274 g/mol. The summed E-state index contributed by atoms with van der Waals surface area (Å²) in [5, 5.41) is 4.36. The van der Waals surface area contributed by atoms with Gasteiger partial charge in [0.05, 0.1) is 10.6 Å². The summed E-state index contributed by atoms with van der Waals surface area (Å²) in [6.07, 6.45) is 0. The summed E-state index contributed by atoms with van der Waals surface area (Å²) >= 11 is 4.84. The molecule has 0 aliphatic rings. The van der Waals surface area contributed by atoms with Crippen LogP contribution in [0.3, 0.4) is 0 Å². The highest BCUT2D eigenvalue weighted by molar-refractivity contribution is 7.85. The van der Waals surface area contributed by atoms with Crippen LogP contribution in [0.5, 0.6) is 0 Å². The topological polar surface area (TPSA) is 108 Å². The molecule has 7 nitrogen and oxygen atoms in total. The van der Waals surface area contributed by atoms with E-state index in [1.807, 2.05) is 0 Å². The summed E-state index contributed by atoms with van der Waals surface area (Å²) in [6, 6.07) is 5.34.